The van der Waals surface area contributed by atoms with Gasteiger partial charge in [-0.2, -0.15) is 0 Å². The first-order valence-corrected chi connectivity index (χ1v) is 12.7. The highest BCUT2D eigenvalue weighted by molar-refractivity contribution is 7.89. The largest absolute Gasteiger partial charge is 0.308 e. The minimum absolute atomic E-state index is 0.172. The summed E-state index contributed by atoms with van der Waals surface area (Å²) in [6, 6.07) is 16.6. The average Bonchev–Trinajstić information content (AvgIpc) is 3.26. The first-order valence-electron chi connectivity index (χ1n) is 11.2. The first-order chi connectivity index (χ1) is 15.9. The van der Waals surface area contributed by atoms with Crippen LogP contribution in [0.15, 0.2) is 65.6 Å². The fourth-order valence-electron chi connectivity index (χ4n) is 4.66. The van der Waals surface area contributed by atoms with E-state index in [-0.39, 0.29) is 18.3 Å². The van der Waals surface area contributed by atoms with E-state index in [9.17, 15) is 17.6 Å². The Hall–Kier alpha value is -3.03. The van der Waals surface area contributed by atoms with Gasteiger partial charge in [0.25, 0.3) is 5.91 Å². The smallest absolute Gasteiger partial charge is 0.258 e. The lowest BCUT2D eigenvalue weighted by Gasteiger charge is -2.18. The molecule has 5 rings (SSSR count). The summed E-state index contributed by atoms with van der Waals surface area (Å²) in [6.45, 7) is 0.717. The Morgan fingerprint density at radius 3 is 2.42 bits per heavy atom. The maximum atomic E-state index is 13.2. The van der Waals surface area contributed by atoms with E-state index in [0.717, 1.165) is 48.1 Å². The molecular formula is C26H25FN2O3S. The number of fused-ring (bicyclic) bond motifs is 2. The topological polar surface area (TPSA) is 66.5 Å². The fraction of sp³-hybridized carbons (Fsp3) is 0.269. The molecule has 7 heteroatoms. The van der Waals surface area contributed by atoms with Gasteiger partial charge in [-0.05, 0) is 96.8 Å². The van der Waals surface area contributed by atoms with Crippen LogP contribution in [-0.2, 0) is 35.8 Å². The summed E-state index contributed by atoms with van der Waals surface area (Å²) >= 11 is 0. The number of carbonyl (C=O) groups excluding carboxylic acids is 1. The highest BCUT2D eigenvalue weighted by atomic mass is 32.2. The Morgan fingerprint density at radius 2 is 1.64 bits per heavy atom. The second-order valence-corrected chi connectivity index (χ2v) is 10.4. The quantitative estimate of drug-likeness (QED) is 0.609. The molecule has 33 heavy (non-hydrogen) atoms. The van der Waals surface area contributed by atoms with E-state index in [1.165, 1.54) is 29.8 Å². The summed E-state index contributed by atoms with van der Waals surface area (Å²) in [7, 11) is -3.61. The zero-order chi connectivity index (χ0) is 23.0. The molecule has 1 N–H and O–H groups in total. The van der Waals surface area contributed by atoms with E-state index < -0.39 is 10.0 Å². The van der Waals surface area contributed by atoms with Gasteiger partial charge in [-0.3, -0.25) is 4.79 Å². The summed E-state index contributed by atoms with van der Waals surface area (Å²) in [5.74, 6) is -0.550. The molecule has 1 aliphatic heterocycles. The molecule has 0 bridgehead atoms. The van der Waals surface area contributed by atoms with Gasteiger partial charge >= 0.3 is 0 Å². The molecule has 170 valence electrons. The standard InChI is InChI=1S/C26H25FN2O3S/c27-23-9-6-20(7-10-23)26(30)29-14-13-22-15-18(5-12-25(22)29)17-28-33(31,32)24-11-8-19-3-1-2-4-21(19)16-24/h5-12,15-16,28H,1-4,13-14,17H2. The third kappa shape index (κ3) is 4.43. The van der Waals surface area contributed by atoms with Gasteiger partial charge in [-0.25, -0.2) is 17.5 Å². The van der Waals surface area contributed by atoms with Crippen LogP contribution in [-0.4, -0.2) is 20.9 Å². The zero-order valence-corrected chi connectivity index (χ0v) is 19.0. The maximum Gasteiger partial charge on any atom is 0.258 e. The predicted octanol–water partition coefficient (Wildman–Crippen LogP) is 4.39. The van der Waals surface area contributed by atoms with E-state index in [1.54, 1.807) is 17.0 Å². The van der Waals surface area contributed by atoms with Crippen LogP contribution < -0.4 is 9.62 Å². The van der Waals surface area contributed by atoms with Gasteiger partial charge in [0.05, 0.1) is 4.90 Å². The fourth-order valence-corrected chi connectivity index (χ4v) is 5.73. The number of nitrogens with zero attached hydrogens (tertiary/aromatic N) is 1. The van der Waals surface area contributed by atoms with Gasteiger partial charge in [0, 0.05) is 24.3 Å². The number of benzene rings is 3. The van der Waals surface area contributed by atoms with Gasteiger partial charge in [0.2, 0.25) is 10.0 Å². The number of carbonyl (C=O) groups is 1. The van der Waals surface area contributed by atoms with Crippen LogP contribution in [0.4, 0.5) is 10.1 Å². The lowest BCUT2D eigenvalue weighted by Crippen LogP contribution is -2.28. The molecule has 0 saturated carbocycles. The molecular weight excluding hydrogens is 439 g/mol. The second-order valence-electron chi connectivity index (χ2n) is 8.64. The van der Waals surface area contributed by atoms with Crippen molar-refractivity contribution < 1.29 is 17.6 Å². The molecule has 0 fully saturated rings. The number of hydrogen-bond donors (Lipinski definition) is 1. The molecule has 0 saturated heterocycles. The molecule has 5 nitrogen and oxygen atoms in total. The van der Waals surface area contributed by atoms with Crippen molar-refractivity contribution >= 4 is 21.6 Å². The minimum atomic E-state index is -3.61. The Morgan fingerprint density at radius 1 is 0.879 bits per heavy atom. The van der Waals surface area contributed by atoms with Crippen LogP contribution in [0.3, 0.4) is 0 Å². The molecule has 1 amide bonds. The third-order valence-corrected chi connectivity index (χ3v) is 7.87. The summed E-state index contributed by atoms with van der Waals surface area (Å²) < 4.78 is 41.6. The maximum absolute atomic E-state index is 13.2. The van der Waals surface area contributed by atoms with Gasteiger partial charge < -0.3 is 4.90 Å². The van der Waals surface area contributed by atoms with E-state index in [4.69, 9.17) is 0 Å². The molecule has 0 spiro atoms. The van der Waals surface area contributed by atoms with Crippen molar-refractivity contribution in [1.82, 2.24) is 4.72 Å². The molecule has 2 aliphatic rings. The minimum Gasteiger partial charge on any atom is -0.308 e. The van der Waals surface area contributed by atoms with Crippen LogP contribution in [0.2, 0.25) is 0 Å². The van der Waals surface area contributed by atoms with Gasteiger partial charge in [-0.1, -0.05) is 18.2 Å². The lowest BCUT2D eigenvalue weighted by molar-refractivity contribution is 0.0989. The Kier molecular flexibility index (Phi) is 5.76. The number of rotatable bonds is 5. The molecule has 0 aromatic heterocycles. The first kappa shape index (κ1) is 21.8. The van der Waals surface area contributed by atoms with Crippen molar-refractivity contribution in [2.45, 2.75) is 43.5 Å². The van der Waals surface area contributed by atoms with E-state index >= 15 is 0 Å². The van der Waals surface area contributed by atoms with Gasteiger partial charge in [0.1, 0.15) is 5.82 Å². The van der Waals surface area contributed by atoms with Crippen LogP contribution in [0.25, 0.3) is 0 Å². The van der Waals surface area contributed by atoms with Crippen molar-refractivity contribution in [1.29, 1.82) is 0 Å². The highest BCUT2D eigenvalue weighted by Crippen LogP contribution is 2.30. The molecule has 0 unspecified atom stereocenters. The van der Waals surface area contributed by atoms with Crippen LogP contribution in [0.5, 0.6) is 0 Å². The number of hydrogen-bond acceptors (Lipinski definition) is 3. The van der Waals surface area contributed by atoms with E-state index in [1.807, 2.05) is 24.3 Å². The predicted molar refractivity (Wildman–Crippen MR) is 125 cm³/mol. The number of halogens is 1. The highest BCUT2D eigenvalue weighted by Gasteiger charge is 2.26. The van der Waals surface area contributed by atoms with Crippen molar-refractivity contribution in [3.05, 3.63) is 94.3 Å². The third-order valence-electron chi connectivity index (χ3n) is 6.47. The Balaban J connectivity index is 1.29. The summed E-state index contributed by atoms with van der Waals surface area (Å²) in [4.78, 5) is 14.8. The van der Waals surface area contributed by atoms with Crippen LogP contribution in [0.1, 0.15) is 45.5 Å². The van der Waals surface area contributed by atoms with Gasteiger partial charge in [-0.15, -0.1) is 0 Å². The molecule has 3 aromatic rings. The van der Waals surface area contributed by atoms with Crippen molar-refractivity contribution in [3.63, 3.8) is 0 Å². The number of anilines is 1. The van der Waals surface area contributed by atoms with Gasteiger partial charge in [0.15, 0.2) is 0 Å². The number of sulfonamides is 1. The number of nitrogens with one attached hydrogen (secondary N) is 1. The average molecular weight is 465 g/mol. The molecule has 0 atom stereocenters. The number of amides is 1. The van der Waals surface area contributed by atoms with Crippen molar-refractivity contribution in [2.24, 2.45) is 0 Å². The molecule has 1 aliphatic carbocycles. The Labute approximate surface area is 193 Å². The van der Waals surface area contributed by atoms with Crippen LogP contribution in [0, 0.1) is 5.82 Å². The second kappa shape index (κ2) is 8.72. The van der Waals surface area contributed by atoms with Crippen molar-refractivity contribution in [3.8, 4) is 0 Å². The monoisotopic (exact) mass is 464 g/mol. The summed E-state index contributed by atoms with van der Waals surface area (Å²) in [5, 5.41) is 0. The number of aryl methyl sites for hydroxylation is 2. The molecule has 0 radical (unpaired) electrons. The lowest BCUT2D eigenvalue weighted by atomic mass is 9.92. The molecule has 3 aromatic carbocycles. The Bertz CT molecular complexity index is 1320. The van der Waals surface area contributed by atoms with Crippen molar-refractivity contribution in [2.75, 3.05) is 11.4 Å². The molecule has 1 heterocycles. The zero-order valence-electron chi connectivity index (χ0n) is 18.2. The van der Waals surface area contributed by atoms with E-state index in [2.05, 4.69) is 4.72 Å². The SMILES string of the molecule is O=C(c1ccc(F)cc1)N1CCc2cc(CNS(=O)(=O)c3ccc4c(c3)CCCC4)ccc21. The summed E-state index contributed by atoms with van der Waals surface area (Å²) in [5.41, 5.74) is 5.46. The van der Waals surface area contributed by atoms with Crippen LogP contribution >= 0.6 is 0 Å². The normalized spacial score (nSPS) is 15.2. The summed E-state index contributed by atoms with van der Waals surface area (Å²) in [6.07, 6.45) is 4.88. The van der Waals surface area contributed by atoms with E-state index in [0.29, 0.717) is 23.4 Å².